The Morgan fingerprint density at radius 1 is 0.974 bits per heavy atom. The molecule has 1 aliphatic rings. The number of nitrogens with one attached hydrogen (secondary N) is 1. The zero-order valence-corrected chi connectivity index (χ0v) is 23.5. The molecule has 4 aromatic rings. The van der Waals surface area contributed by atoms with Gasteiger partial charge in [0.05, 0.1) is 28.0 Å². The minimum Gasteiger partial charge on any atom is -0.324 e. The second-order valence-corrected chi connectivity index (χ2v) is 12.5. The quantitative estimate of drug-likeness (QED) is 0.254. The molecule has 0 aliphatic carbocycles. The van der Waals surface area contributed by atoms with Gasteiger partial charge in [-0.25, -0.2) is 13.4 Å². The molecule has 3 aromatic carbocycles. The lowest BCUT2D eigenvalue weighted by Gasteiger charge is -2.27. The number of amides is 1. The van der Waals surface area contributed by atoms with E-state index in [-0.39, 0.29) is 21.9 Å². The van der Waals surface area contributed by atoms with Crippen molar-refractivity contribution in [1.82, 2.24) is 13.9 Å². The molecule has 0 spiro atoms. The number of sulfonamides is 1. The van der Waals surface area contributed by atoms with E-state index >= 15 is 0 Å². The topological polar surface area (TPSA) is 101 Å². The minimum atomic E-state index is -3.75. The third-order valence-electron chi connectivity index (χ3n) is 6.78. The number of para-hydroxylation sites is 2. The van der Waals surface area contributed by atoms with E-state index in [0.29, 0.717) is 34.8 Å². The second kappa shape index (κ2) is 11.3. The van der Waals surface area contributed by atoms with Gasteiger partial charge in [-0.1, -0.05) is 54.6 Å². The van der Waals surface area contributed by atoms with E-state index in [9.17, 15) is 18.0 Å². The SMILES string of the molecule is Cc1ccc(NC(=O)CSc2nc3ccccc3c(=O)n2-c2ccccc2C)c(S(=O)(=O)N2CCCCC2)c1. The summed E-state index contributed by atoms with van der Waals surface area (Å²) in [5.41, 5.74) is 2.96. The van der Waals surface area contributed by atoms with Gasteiger partial charge in [-0.15, -0.1) is 0 Å². The first-order valence-electron chi connectivity index (χ1n) is 12.9. The number of hydrogen-bond acceptors (Lipinski definition) is 6. The van der Waals surface area contributed by atoms with Crippen LogP contribution in [0.1, 0.15) is 30.4 Å². The third kappa shape index (κ3) is 5.63. The highest BCUT2D eigenvalue weighted by Gasteiger charge is 2.29. The fourth-order valence-corrected chi connectivity index (χ4v) is 7.30. The van der Waals surface area contributed by atoms with Crippen molar-refractivity contribution in [3.05, 3.63) is 88.2 Å². The van der Waals surface area contributed by atoms with Crippen LogP contribution in [-0.4, -0.2) is 47.0 Å². The molecule has 1 fully saturated rings. The number of benzene rings is 3. The molecule has 1 aromatic heterocycles. The molecule has 1 N–H and O–H groups in total. The molecule has 2 heterocycles. The maximum Gasteiger partial charge on any atom is 0.266 e. The summed E-state index contributed by atoms with van der Waals surface area (Å²) in [7, 11) is -3.75. The highest BCUT2D eigenvalue weighted by molar-refractivity contribution is 7.99. The Labute approximate surface area is 232 Å². The molecular formula is C29H30N4O4S2. The smallest absolute Gasteiger partial charge is 0.266 e. The van der Waals surface area contributed by atoms with Crippen molar-refractivity contribution < 1.29 is 13.2 Å². The molecule has 0 atom stereocenters. The Kier molecular flexibility index (Phi) is 7.88. The Bertz CT molecular complexity index is 1710. The van der Waals surface area contributed by atoms with Crippen LogP contribution in [0.4, 0.5) is 5.69 Å². The highest BCUT2D eigenvalue weighted by atomic mass is 32.2. The molecule has 0 bridgehead atoms. The maximum absolute atomic E-state index is 13.5. The Balaban J connectivity index is 1.44. The van der Waals surface area contributed by atoms with Gasteiger partial charge in [0.15, 0.2) is 5.16 Å². The fourth-order valence-electron chi connectivity index (χ4n) is 4.74. The Hall–Kier alpha value is -3.47. The van der Waals surface area contributed by atoms with Gasteiger partial charge in [-0.3, -0.25) is 14.2 Å². The van der Waals surface area contributed by atoms with Crippen LogP contribution in [0, 0.1) is 13.8 Å². The minimum absolute atomic E-state index is 0.0618. The van der Waals surface area contributed by atoms with E-state index in [1.165, 1.54) is 8.87 Å². The lowest BCUT2D eigenvalue weighted by atomic mass is 10.2. The number of piperidine rings is 1. The Morgan fingerprint density at radius 2 is 1.69 bits per heavy atom. The van der Waals surface area contributed by atoms with Gasteiger partial charge in [-0.2, -0.15) is 4.31 Å². The van der Waals surface area contributed by atoms with E-state index in [0.717, 1.165) is 42.2 Å². The number of anilines is 1. The highest BCUT2D eigenvalue weighted by Crippen LogP contribution is 2.29. The van der Waals surface area contributed by atoms with Crippen molar-refractivity contribution in [2.24, 2.45) is 0 Å². The summed E-state index contributed by atoms with van der Waals surface area (Å²) < 4.78 is 29.9. The number of aryl methyl sites for hydroxylation is 2. The molecule has 0 radical (unpaired) electrons. The zero-order chi connectivity index (χ0) is 27.6. The number of thioether (sulfide) groups is 1. The van der Waals surface area contributed by atoms with Crippen LogP contribution in [0.15, 0.2) is 81.6 Å². The lowest BCUT2D eigenvalue weighted by Crippen LogP contribution is -2.36. The van der Waals surface area contributed by atoms with E-state index in [1.54, 1.807) is 36.4 Å². The van der Waals surface area contributed by atoms with Crippen LogP contribution in [0.2, 0.25) is 0 Å². The summed E-state index contributed by atoms with van der Waals surface area (Å²) in [6.07, 6.45) is 2.66. The number of carbonyl (C=O) groups excluding carboxylic acids is 1. The number of hydrogen-bond donors (Lipinski definition) is 1. The molecule has 1 saturated heterocycles. The van der Waals surface area contributed by atoms with Crippen LogP contribution in [-0.2, 0) is 14.8 Å². The molecule has 202 valence electrons. The van der Waals surface area contributed by atoms with Crippen molar-refractivity contribution in [2.45, 2.75) is 43.2 Å². The number of carbonyl (C=O) groups is 1. The summed E-state index contributed by atoms with van der Waals surface area (Å²) in [4.78, 5) is 31.5. The van der Waals surface area contributed by atoms with Crippen LogP contribution in [0.25, 0.3) is 16.6 Å². The summed E-state index contributed by atoms with van der Waals surface area (Å²) in [5, 5.41) is 3.67. The second-order valence-electron chi connectivity index (χ2n) is 9.64. The molecule has 8 nitrogen and oxygen atoms in total. The zero-order valence-electron chi connectivity index (χ0n) is 21.9. The first-order chi connectivity index (χ1) is 18.8. The molecular weight excluding hydrogens is 532 g/mol. The van der Waals surface area contributed by atoms with Crippen LogP contribution >= 0.6 is 11.8 Å². The van der Waals surface area contributed by atoms with E-state index in [2.05, 4.69) is 5.32 Å². The standard InChI is InChI=1S/C29H30N4O4S2/c1-20-14-15-24(26(18-20)39(36,37)32-16-8-3-9-17-32)30-27(34)19-38-29-31-23-12-6-5-11-22(23)28(35)33(29)25-13-7-4-10-21(25)2/h4-7,10-15,18H,3,8-9,16-17,19H2,1-2H3,(H,30,34). The fraction of sp³-hybridized carbons (Fsp3) is 0.276. The first kappa shape index (κ1) is 27.1. The van der Waals surface area contributed by atoms with E-state index in [1.807, 2.05) is 44.2 Å². The van der Waals surface area contributed by atoms with Crippen molar-refractivity contribution in [2.75, 3.05) is 24.2 Å². The van der Waals surface area contributed by atoms with Gasteiger partial charge in [0.25, 0.3) is 5.56 Å². The summed E-state index contributed by atoms with van der Waals surface area (Å²) in [6.45, 7) is 4.69. The van der Waals surface area contributed by atoms with Gasteiger partial charge in [0.1, 0.15) is 4.90 Å². The van der Waals surface area contributed by atoms with Gasteiger partial charge < -0.3 is 5.32 Å². The molecule has 0 unspecified atom stereocenters. The molecule has 10 heteroatoms. The van der Waals surface area contributed by atoms with Crippen LogP contribution in [0.3, 0.4) is 0 Å². The summed E-state index contributed by atoms with van der Waals surface area (Å²) in [5.74, 6) is -0.453. The number of aromatic nitrogens is 2. The third-order valence-corrected chi connectivity index (χ3v) is 9.65. The lowest BCUT2D eigenvalue weighted by molar-refractivity contribution is -0.113. The summed E-state index contributed by atoms with van der Waals surface area (Å²) >= 11 is 1.13. The van der Waals surface area contributed by atoms with Crippen molar-refractivity contribution in [3.63, 3.8) is 0 Å². The monoisotopic (exact) mass is 562 g/mol. The van der Waals surface area contributed by atoms with Crippen molar-refractivity contribution in [1.29, 1.82) is 0 Å². The predicted octanol–water partition coefficient (Wildman–Crippen LogP) is 4.91. The van der Waals surface area contributed by atoms with Gasteiger partial charge in [0, 0.05) is 13.1 Å². The van der Waals surface area contributed by atoms with Crippen LogP contribution in [0.5, 0.6) is 0 Å². The largest absolute Gasteiger partial charge is 0.324 e. The number of nitrogens with zero attached hydrogens (tertiary/aromatic N) is 3. The van der Waals surface area contributed by atoms with Gasteiger partial charge in [-0.05, 0) is 68.1 Å². The van der Waals surface area contributed by atoms with E-state index in [4.69, 9.17) is 4.98 Å². The molecule has 5 rings (SSSR count). The van der Waals surface area contributed by atoms with Gasteiger partial charge in [0.2, 0.25) is 15.9 Å². The number of fused-ring (bicyclic) bond motifs is 1. The molecule has 0 saturated carbocycles. The first-order valence-corrected chi connectivity index (χ1v) is 15.3. The van der Waals surface area contributed by atoms with E-state index < -0.39 is 15.9 Å². The van der Waals surface area contributed by atoms with Crippen molar-refractivity contribution in [3.8, 4) is 5.69 Å². The number of rotatable bonds is 7. The van der Waals surface area contributed by atoms with Crippen LogP contribution < -0.4 is 10.9 Å². The Morgan fingerprint density at radius 3 is 2.46 bits per heavy atom. The average molecular weight is 563 g/mol. The van der Waals surface area contributed by atoms with Gasteiger partial charge >= 0.3 is 0 Å². The molecule has 39 heavy (non-hydrogen) atoms. The molecule has 1 aliphatic heterocycles. The average Bonchev–Trinajstić information content (AvgIpc) is 2.94. The summed E-state index contributed by atoms with van der Waals surface area (Å²) in [6, 6.07) is 19.7. The predicted molar refractivity (Wildman–Crippen MR) is 155 cm³/mol. The normalized spacial score (nSPS) is 14.4. The molecule has 1 amide bonds. The van der Waals surface area contributed by atoms with Crippen molar-refractivity contribution >= 4 is 44.3 Å². The maximum atomic E-state index is 13.5.